The lowest BCUT2D eigenvalue weighted by Gasteiger charge is -2.28. The summed E-state index contributed by atoms with van der Waals surface area (Å²) in [6.45, 7) is 1.86. The predicted molar refractivity (Wildman–Crippen MR) is 74.6 cm³/mol. The standard InChI is InChI=1S/C12H15N5O4/c1-7-4-11(19)15-12(14-7)16-13-6-8-5-9(17(20)21)2-3-10(8)18/h2-3,5-7,12,14,16,18H,4H2,1H3,(H,15,19)/b13-6+. The van der Waals surface area contributed by atoms with Crippen LogP contribution >= 0.6 is 0 Å². The molecule has 21 heavy (non-hydrogen) atoms. The van der Waals surface area contributed by atoms with Crippen LogP contribution < -0.4 is 16.1 Å². The molecule has 0 aromatic heterocycles. The van der Waals surface area contributed by atoms with E-state index in [-0.39, 0.29) is 28.9 Å². The predicted octanol–water partition coefficient (Wildman–Crippen LogP) is 0.00550. The summed E-state index contributed by atoms with van der Waals surface area (Å²) in [6, 6.07) is 3.64. The summed E-state index contributed by atoms with van der Waals surface area (Å²) >= 11 is 0. The second kappa shape index (κ2) is 6.18. The van der Waals surface area contributed by atoms with Gasteiger partial charge in [0.05, 0.1) is 11.1 Å². The Balaban J connectivity index is 2.02. The number of benzene rings is 1. The molecule has 1 aliphatic rings. The minimum atomic E-state index is -0.561. The van der Waals surface area contributed by atoms with Crippen molar-refractivity contribution in [2.75, 3.05) is 0 Å². The van der Waals surface area contributed by atoms with E-state index in [1.807, 2.05) is 6.92 Å². The van der Waals surface area contributed by atoms with Crippen molar-refractivity contribution in [1.29, 1.82) is 0 Å². The van der Waals surface area contributed by atoms with Crippen molar-refractivity contribution >= 4 is 17.8 Å². The average Bonchev–Trinajstić information content (AvgIpc) is 2.39. The summed E-state index contributed by atoms with van der Waals surface area (Å²) in [5.41, 5.74) is 2.71. The molecule has 2 rings (SSSR count). The maximum atomic E-state index is 11.3. The molecule has 9 nitrogen and oxygen atoms in total. The Bertz CT molecular complexity index is 589. The first kappa shape index (κ1) is 14.7. The molecule has 0 radical (unpaired) electrons. The van der Waals surface area contributed by atoms with Gasteiger partial charge in [0.15, 0.2) is 6.29 Å². The Kier molecular flexibility index (Phi) is 4.33. The molecular formula is C12H15N5O4. The van der Waals surface area contributed by atoms with Crippen molar-refractivity contribution < 1.29 is 14.8 Å². The van der Waals surface area contributed by atoms with Crippen LogP contribution in [0.25, 0.3) is 0 Å². The van der Waals surface area contributed by atoms with Gasteiger partial charge in [-0.3, -0.25) is 25.7 Å². The van der Waals surface area contributed by atoms with Gasteiger partial charge in [-0.05, 0) is 13.0 Å². The van der Waals surface area contributed by atoms with Crippen molar-refractivity contribution in [3.8, 4) is 5.75 Å². The highest BCUT2D eigenvalue weighted by Crippen LogP contribution is 2.21. The molecule has 0 bridgehead atoms. The highest BCUT2D eigenvalue weighted by Gasteiger charge is 2.21. The smallest absolute Gasteiger partial charge is 0.270 e. The number of amides is 1. The van der Waals surface area contributed by atoms with Crippen molar-refractivity contribution in [3.63, 3.8) is 0 Å². The van der Waals surface area contributed by atoms with Gasteiger partial charge in [-0.15, -0.1) is 0 Å². The second-order valence-corrected chi connectivity index (χ2v) is 4.66. The number of hydrogen-bond acceptors (Lipinski definition) is 7. The van der Waals surface area contributed by atoms with Crippen LogP contribution in [0.5, 0.6) is 5.75 Å². The molecule has 0 spiro atoms. The van der Waals surface area contributed by atoms with Gasteiger partial charge in [0, 0.05) is 30.2 Å². The molecule has 4 N–H and O–H groups in total. The van der Waals surface area contributed by atoms with Crippen molar-refractivity contribution in [3.05, 3.63) is 33.9 Å². The fraction of sp³-hybridized carbons (Fsp3) is 0.333. The van der Waals surface area contributed by atoms with Gasteiger partial charge in [-0.1, -0.05) is 0 Å². The van der Waals surface area contributed by atoms with Gasteiger partial charge >= 0.3 is 0 Å². The number of nitro benzene ring substituents is 1. The summed E-state index contributed by atoms with van der Waals surface area (Å²) in [5.74, 6) is -0.229. The Morgan fingerprint density at radius 1 is 1.57 bits per heavy atom. The summed E-state index contributed by atoms with van der Waals surface area (Å²) in [6.07, 6.45) is 1.10. The van der Waals surface area contributed by atoms with E-state index in [0.29, 0.717) is 6.42 Å². The number of aromatic hydroxyl groups is 1. The zero-order valence-corrected chi connectivity index (χ0v) is 11.2. The SMILES string of the molecule is CC1CC(=O)NC(N/N=C/c2cc([N+](=O)[O-])ccc2O)N1. The molecule has 1 aromatic rings. The van der Waals surface area contributed by atoms with E-state index in [4.69, 9.17) is 0 Å². The summed E-state index contributed by atoms with van der Waals surface area (Å²) in [4.78, 5) is 21.4. The molecule has 0 aliphatic carbocycles. The maximum absolute atomic E-state index is 11.3. The molecule has 9 heteroatoms. The molecule has 1 fully saturated rings. The lowest BCUT2D eigenvalue weighted by molar-refractivity contribution is -0.384. The first-order valence-corrected chi connectivity index (χ1v) is 6.27. The number of hydrogen-bond donors (Lipinski definition) is 4. The molecule has 1 amide bonds. The third-order valence-electron chi connectivity index (χ3n) is 2.88. The third-order valence-corrected chi connectivity index (χ3v) is 2.88. The Morgan fingerprint density at radius 2 is 2.33 bits per heavy atom. The molecule has 1 saturated heterocycles. The number of phenols is 1. The van der Waals surface area contributed by atoms with Crippen LogP contribution in [0.3, 0.4) is 0 Å². The van der Waals surface area contributed by atoms with Crippen LogP contribution in [0, 0.1) is 10.1 Å². The minimum Gasteiger partial charge on any atom is -0.507 e. The van der Waals surface area contributed by atoms with Gasteiger partial charge < -0.3 is 10.4 Å². The summed E-state index contributed by atoms with van der Waals surface area (Å²) in [7, 11) is 0. The van der Waals surface area contributed by atoms with Crippen LogP contribution in [0.1, 0.15) is 18.9 Å². The van der Waals surface area contributed by atoms with Gasteiger partial charge in [0.25, 0.3) is 5.69 Å². The molecular weight excluding hydrogens is 278 g/mol. The van der Waals surface area contributed by atoms with E-state index in [2.05, 4.69) is 21.2 Å². The van der Waals surface area contributed by atoms with Gasteiger partial charge in [0.2, 0.25) is 5.91 Å². The Hall–Kier alpha value is -2.68. The van der Waals surface area contributed by atoms with E-state index in [1.165, 1.54) is 24.4 Å². The molecule has 2 unspecified atom stereocenters. The molecule has 0 saturated carbocycles. The number of non-ortho nitro benzene ring substituents is 1. The fourth-order valence-corrected chi connectivity index (χ4v) is 1.89. The van der Waals surface area contributed by atoms with Crippen LogP contribution in [0.4, 0.5) is 5.69 Å². The highest BCUT2D eigenvalue weighted by atomic mass is 16.6. The molecule has 1 heterocycles. The minimum absolute atomic E-state index is 0.0117. The zero-order valence-electron chi connectivity index (χ0n) is 11.2. The van der Waals surface area contributed by atoms with Crippen LogP contribution in [0.2, 0.25) is 0 Å². The van der Waals surface area contributed by atoms with E-state index in [1.54, 1.807) is 0 Å². The second-order valence-electron chi connectivity index (χ2n) is 4.66. The molecule has 1 aliphatic heterocycles. The van der Waals surface area contributed by atoms with Gasteiger partial charge in [-0.25, -0.2) is 0 Å². The lowest BCUT2D eigenvalue weighted by Crippen LogP contribution is -2.60. The van der Waals surface area contributed by atoms with Crippen molar-refractivity contribution in [2.24, 2.45) is 5.10 Å². The van der Waals surface area contributed by atoms with Crippen LogP contribution in [-0.4, -0.2) is 34.5 Å². The number of rotatable bonds is 4. The van der Waals surface area contributed by atoms with Crippen molar-refractivity contribution in [1.82, 2.24) is 16.1 Å². The number of nitrogens with zero attached hydrogens (tertiary/aromatic N) is 2. The largest absolute Gasteiger partial charge is 0.507 e. The van der Waals surface area contributed by atoms with Crippen molar-refractivity contribution in [2.45, 2.75) is 25.7 Å². The number of carbonyl (C=O) groups excluding carboxylic acids is 1. The zero-order chi connectivity index (χ0) is 15.4. The number of phenolic OH excluding ortho intramolecular Hbond substituents is 1. The number of nitrogens with one attached hydrogen (secondary N) is 3. The van der Waals surface area contributed by atoms with E-state index in [9.17, 15) is 20.0 Å². The molecule has 2 atom stereocenters. The summed E-state index contributed by atoms with van der Waals surface area (Å²) < 4.78 is 0. The molecule has 112 valence electrons. The molecule has 1 aromatic carbocycles. The van der Waals surface area contributed by atoms with Gasteiger partial charge in [-0.2, -0.15) is 5.10 Å². The van der Waals surface area contributed by atoms with Crippen LogP contribution in [0.15, 0.2) is 23.3 Å². The monoisotopic (exact) mass is 293 g/mol. The topological polar surface area (TPSA) is 129 Å². The number of nitro groups is 1. The first-order valence-electron chi connectivity index (χ1n) is 6.27. The van der Waals surface area contributed by atoms with Crippen LogP contribution in [-0.2, 0) is 4.79 Å². The average molecular weight is 293 g/mol. The summed E-state index contributed by atoms with van der Waals surface area (Å²) in [5, 5.41) is 29.8. The quantitative estimate of drug-likeness (QED) is 0.351. The number of carbonyl (C=O) groups is 1. The first-order chi connectivity index (χ1) is 9.95. The van der Waals surface area contributed by atoms with Gasteiger partial charge in [0.1, 0.15) is 5.75 Å². The lowest BCUT2D eigenvalue weighted by atomic mass is 10.2. The number of hydrazone groups is 1. The van der Waals surface area contributed by atoms with E-state index in [0.717, 1.165) is 0 Å². The fourth-order valence-electron chi connectivity index (χ4n) is 1.89. The Labute approximate surface area is 120 Å². The Morgan fingerprint density at radius 3 is 3.00 bits per heavy atom. The maximum Gasteiger partial charge on any atom is 0.270 e. The van der Waals surface area contributed by atoms with E-state index < -0.39 is 11.2 Å². The normalized spacial score (nSPS) is 22.0. The highest BCUT2D eigenvalue weighted by molar-refractivity contribution is 5.84. The third kappa shape index (κ3) is 3.89. The van der Waals surface area contributed by atoms with E-state index >= 15 is 0 Å².